The van der Waals surface area contributed by atoms with Gasteiger partial charge in [0.25, 0.3) is 0 Å². The van der Waals surface area contributed by atoms with Crippen molar-refractivity contribution in [2.24, 2.45) is 0 Å². The molecule has 0 radical (unpaired) electrons. The number of carbonyl (C=O) groups excluding carboxylic acids is 1. The zero-order valence-corrected chi connectivity index (χ0v) is 12.8. The van der Waals surface area contributed by atoms with Crippen LogP contribution in [0, 0.1) is 5.82 Å². The number of hydrogen-bond donors (Lipinski definition) is 1. The fourth-order valence-corrected chi connectivity index (χ4v) is 2.89. The number of nitrogens with one attached hydrogen (secondary N) is 1. The highest BCUT2D eigenvalue weighted by Crippen LogP contribution is 2.32. The number of aromatic amines is 1. The highest BCUT2D eigenvalue weighted by Gasteiger charge is 2.20. The standard InChI is InChI=1S/C19H13FN2O2/c1-24-19(23)14-8-9-15-16(17(14)20)18(22-21-15)13-7-6-11-4-2-3-5-12(11)10-13/h2-10H,1H3,(H,21,22). The van der Waals surface area contributed by atoms with E-state index in [0.717, 1.165) is 16.3 Å². The number of benzene rings is 3. The molecular formula is C19H13FN2O2. The first kappa shape index (κ1) is 14.4. The predicted molar refractivity (Wildman–Crippen MR) is 90.3 cm³/mol. The van der Waals surface area contributed by atoms with Gasteiger partial charge in [0.05, 0.1) is 23.6 Å². The van der Waals surface area contributed by atoms with Gasteiger partial charge in [0.1, 0.15) is 11.5 Å². The Kier molecular flexibility index (Phi) is 3.27. The van der Waals surface area contributed by atoms with Crippen LogP contribution < -0.4 is 0 Å². The van der Waals surface area contributed by atoms with E-state index >= 15 is 0 Å². The summed E-state index contributed by atoms with van der Waals surface area (Å²) in [4.78, 5) is 11.7. The van der Waals surface area contributed by atoms with Crippen LogP contribution in [0.4, 0.5) is 4.39 Å². The van der Waals surface area contributed by atoms with Crippen molar-refractivity contribution in [2.45, 2.75) is 0 Å². The molecule has 1 N–H and O–H groups in total. The van der Waals surface area contributed by atoms with Crippen molar-refractivity contribution >= 4 is 27.6 Å². The van der Waals surface area contributed by atoms with Gasteiger partial charge in [0, 0.05) is 5.56 Å². The number of fused-ring (bicyclic) bond motifs is 2. The molecule has 3 aromatic carbocycles. The Bertz CT molecular complexity index is 1090. The summed E-state index contributed by atoms with van der Waals surface area (Å²) in [5.74, 6) is -1.34. The Hall–Kier alpha value is -3.21. The summed E-state index contributed by atoms with van der Waals surface area (Å²) < 4.78 is 19.5. The van der Waals surface area contributed by atoms with Gasteiger partial charge in [-0.3, -0.25) is 5.10 Å². The van der Waals surface area contributed by atoms with E-state index in [1.165, 1.54) is 13.2 Å². The smallest absolute Gasteiger partial charge is 0.340 e. The molecule has 0 amide bonds. The number of aromatic nitrogens is 2. The zero-order chi connectivity index (χ0) is 16.7. The molecule has 1 aromatic heterocycles. The van der Waals surface area contributed by atoms with E-state index in [0.29, 0.717) is 11.2 Å². The van der Waals surface area contributed by atoms with Crippen molar-refractivity contribution in [3.05, 3.63) is 66.0 Å². The summed E-state index contributed by atoms with van der Waals surface area (Å²) in [5.41, 5.74) is 1.68. The summed E-state index contributed by atoms with van der Waals surface area (Å²) in [7, 11) is 1.23. The number of nitrogens with zero attached hydrogens (tertiary/aromatic N) is 1. The third-order valence-electron chi connectivity index (χ3n) is 4.10. The number of esters is 1. The first-order valence-electron chi connectivity index (χ1n) is 7.43. The molecule has 118 valence electrons. The minimum absolute atomic E-state index is 0.103. The molecule has 0 saturated heterocycles. The molecule has 0 fully saturated rings. The van der Waals surface area contributed by atoms with Gasteiger partial charge in [-0.15, -0.1) is 0 Å². The molecule has 0 unspecified atom stereocenters. The van der Waals surface area contributed by atoms with Crippen LogP contribution in [0.5, 0.6) is 0 Å². The molecule has 4 rings (SSSR count). The van der Waals surface area contributed by atoms with Gasteiger partial charge >= 0.3 is 5.97 Å². The van der Waals surface area contributed by atoms with Gasteiger partial charge in [-0.05, 0) is 29.0 Å². The largest absolute Gasteiger partial charge is 0.465 e. The normalized spacial score (nSPS) is 11.1. The predicted octanol–water partition coefficient (Wildman–Crippen LogP) is 4.31. The zero-order valence-electron chi connectivity index (χ0n) is 12.8. The van der Waals surface area contributed by atoms with Crippen molar-refractivity contribution in [2.75, 3.05) is 7.11 Å². The molecule has 0 spiro atoms. The molecule has 0 saturated carbocycles. The maximum Gasteiger partial charge on any atom is 0.340 e. The molecule has 0 aliphatic rings. The summed E-state index contributed by atoms with van der Waals surface area (Å²) in [6.07, 6.45) is 0. The summed E-state index contributed by atoms with van der Waals surface area (Å²) in [5, 5.41) is 9.48. The number of halogens is 1. The second kappa shape index (κ2) is 5.45. The maximum atomic E-state index is 14.8. The number of H-pyrrole nitrogens is 1. The van der Waals surface area contributed by atoms with Crippen molar-refractivity contribution in [1.82, 2.24) is 10.2 Å². The Labute approximate surface area is 136 Å². The van der Waals surface area contributed by atoms with Gasteiger partial charge < -0.3 is 4.74 Å². The van der Waals surface area contributed by atoms with E-state index in [4.69, 9.17) is 0 Å². The van der Waals surface area contributed by atoms with Gasteiger partial charge in [-0.25, -0.2) is 9.18 Å². The van der Waals surface area contributed by atoms with Crippen LogP contribution in [0.1, 0.15) is 10.4 Å². The maximum absolute atomic E-state index is 14.8. The first-order valence-corrected chi connectivity index (χ1v) is 7.43. The minimum Gasteiger partial charge on any atom is -0.465 e. The van der Waals surface area contributed by atoms with E-state index < -0.39 is 11.8 Å². The molecule has 0 atom stereocenters. The van der Waals surface area contributed by atoms with E-state index in [1.807, 2.05) is 42.5 Å². The highest BCUT2D eigenvalue weighted by atomic mass is 19.1. The Balaban J connectivity index is 1.96. The number of methoxy groups -OCH3 is 1. The second-order valence-corrected chi connectivity index (χ2v) is 5.48. The lowest BCUT2D eigenvalue weighted by Crippen LogP contribution is -2.04. The van der Waals surface area contributed by atoms with Crippen LogP contribution >= 0.6 is 0 Å². The van der Waals surface area contributed by atoms with E-state index in [9.17, 15) is 9.18 Å². The van der Waals surface area contributed by atoms with Gasteiger partial charge in [0.15, 0.2) is 0 Å². The number of carbonyl (C=O) groups is 1. The van der Waals surface area contributed by atoms with Crippen LogP contribution in [-0.4, -0.2) is 23.3 Å². The van der Waals surface area contributed by atoms with E-state index in [1.54, 1.807) is 6.07 Å². The number of ether oxygens (including phenoxy) is 1. The number of hydrogen-bond acceptors (Lipinski definition) is 3. The Morgan fingerprint density at radius 3 is 2.67 bits per heavy atom. The van der Waals surface area contributed by atoms with Crippen LogP contribution in [-0.2, 0) is 4.74 Å². The van der Waals surface area contributed by atoms with Gasteiger partial charge in [0.2, 0.25) is 0 Å². The topological polar surface area (TPSA) is 55.0 Å². The fraction of sp³-hybridized carbons (Fsp3) is 0.0526. The molecule has 1 heterocycles. The van der Waals surface area contributed by atoms with Crippen LogP contribution in [0.15, 0.2) is 54.6 Å². The average molecular weight is 320 g/mol. The van der Waals surface area contributed by atoms with Crippen LogP contribution in [0.2, 0.25) is 0 Å². The van der Waals surface area contributed by atoms with Crippen LogP contribution in [0.3, 0.4) is 0 Å². The third kappa shape index (κ3) is 2.13. The third-order valence-corrected chi connectivity index (χ3v) is 4.10. The van der Waals surface area contributed by atoms with Crippen LogP contribution in [0.25, 0.3) is 32.9 Å². The number of rotatable bonds is 2. The van der Waals surface area contributed by atoms with E-state index in [-0.39, 0.29) is 10.9 Å². The Morgan fingerprint density at radius 1 is 1.08 bits per heavy atom. The minimum atomic E-state index is -0.708. The van der Waals surface area contributed by atoms with Crippen molar-refractivity contribution in [3.63, 3.8) is 0 Å². The van der Waals surface area contributed by atoms with Crippen molar-refractivity contribution in [1.29, 1.82) is 0 Å². The Morgan fingerprint density at radius 2 is 1.88 bits per heavy atom. The summed E-state index contributed by atoms with van der Waals surface area (Å²) >= 11 is 0. The molecule has 24 heavy (non-hydrogen) atoms. The van der Waals surface area contributed by atoms with E-state index in [2.05, 4.69) is 14.9 Å². The van der Waals surface area contributed by atoms with Gasteiger partial charge in [-0.2, -0.15) is 5.10 Å². The average Bonchev–Trinajstić information content (AvgIpc) is 3.06. The lowest BCUT2D eigenvalue weighted by atomic mass is 10.0. The molecule has 0 aliphatic carbocycles. The van der Waals surface area contributed by atoms with Crippen molar-refractivity contribution < 1.29 is 13.9 Å². The fourth-order valence-electron chi connectivity index (χ4n) is 2.89. The molecule has 0 aliphatic heterocycles. The first-order chi connectivity index (χ1) is 11.7. The lowest BCUT2D eigenvalue weighted by molar-refractivity contribution is 0.0596. The monoisotopic (exact) mass is 320 g/mol. The van der Waals surface area contributed by atoms with Gasteiger partial charge in [-0.1, -0.05) is 36.4 Å². The summed E-state index contributed by atoms with van der Waals surface area (Å²) in [6, 6.07) is 16.7. The molecule has 5 heteroatoms. The molecular weight excluding hydrogens is 307 g/mol. The molecule has 4 nitrogen and oxygen atoms in total. The quantitative estimate of drug-likeness (QED) is 0.560. The SMILES string of the molecule is COC(=O)c1ccc2[nH]nc(-c3ccc4ccccc4c3)c2c1F. The van der Waals surface area contributed by atoms with Crippen molar-refractivity contribution in [3.8, 4) is 11.3 Å². The highest BCUT2D eigenvalue weighted by molar-refractivity contribution is 6.01. The molecule has 4 aromatic rings. The molecule has 0 bridgehead atoms. The summed E-state index contributed by atoms with van der Waals surface area (Å²) in [6.45, 7) is 0. The lowest BCUT2D eigenvalue weighted by Gasteiger charge is -2.05. The second-order valence-electron chi connectivity index (χ2n) is 5.48.